The van der Waals surface area contributed by atoms with Crippen LogP contribution in [0.4, 0.5) is 4.79 Å². The largest absolute Gasteiger partial charge is 0.339 e. The van der Waals surface area contributed by atoms with Crippen molar-refractivity contribution < 1.29 is 9.32 Å². The molecule has 1 saturated heterocycles. The van der Waals surface area contributed by atoms with Crippen LogP contribution in [-0.4, -0.2) is 40.7 Å². The summed E-state index contributed by atoms with van der Waals surface area (Å²) in [6.07, 6.45) is 1.77. The van der Waals surface area contributed by atoms with Crippen molar-refractivity contribution in [1.29, 1.82) is 0 Å². The predicted molar refractivity (Wildman–Crippen MR) is 70.7 cm³/mol. The maximum Gasteiger partial charge on any atom is 0.317 e. The first kappa shape index (κ1) is 13.8. The van der Waals surface area contributed by atoms with Crippen LogP contribution in [0, 0.1) is 18.8 Å². The van der Waals surface area contributed by atoms with Gasteiger partial charge in [-0.3, -0.25) is 0 Å². The number of amides is 2. The molecule has 1 N–H and O–H groups in total. The highest BCUT2D eigenvalue weighted by Crippen LogP contribution is 2.20. The molecule has 19 heavy (non-hydrogen) atoms. The van der Waals surface area contributed by atoms with Gasteiger partial charge in [0, 0.05) is 26.1 Å². The summed E-state index contributed by atoms with van der Waals surface area (Å²) < 4.78 is 5.00. The fourth-order valence-electron chi connectivity index (χ4n) is 2.66. The highest BCUT2D eigenvalue weighted by molar-refractivity contribution is 5.74. The average molecular weight is 266 g/mol. The van der Waals surface area contributed by atoms with E-state index in [9.17, 15) is 4.79 Å². The molecule has 1 fully saturated rings. The lowest BCUT2D eigenvalue weighted by Gasteiger charge is -2.34. The van der Waals surface area contributed by atoms with Crippen molar-refractivity contribution in [3.05, 3.63) is 11.7 Å². The van der Waals surface area contributed by atoms with Crippen molar-refractivity contribution in [2.24, 2.45) is 11.8 Å². The van der Waals surface area contributed by atoms with E-state index >= 15 is 0 Å². The second kappa shape index (κ2) is 6.04. The zero-order valence-corrected chi connectivity index (χ0v) is 11.8. The number of hydrogen-bond acceptors (Lipinski definition) is 4. The molecule has 1 aliphatic rings. The normalized spacial score (nSPS) is 23.4. The highest BCUT2D eigenvalue weighted by Gasteiger charge is 2.25. The number of rotatable bonds is 3. The number of hydrogen-bond donors (Lipinski definition) is 1. The van der Waals surface area contributed by atoms with Crippen LogP contribution in [0.2, 0.25) is 0 Å². The molecule has 2 atom stereocenters. The van der Waals surface area contributed by atoms with Crippen molar-refractivity contribution >= 4 is 6.03 Å². The Hall–Kier alpha value is -1.59. The fourth-order valence-corrected chi connectivity index (χ4v) is 2.66. The number of urea groups is 1. The van der Waals surface area contributed by atoms with Crippen molar-refractivity contribution in [3.63, 3.8) is 0 Å². The van der Waals surface area contributed by atoms with Gasteiger partial charge in [-0.05, 0) is 25.2 Å². The van der Waals surface area contributed by atoms with Crippen molar-refractivity contribution in [2.75, 3.05) is 19.6 Å². The Morgan fingerprint density at radius 2 is 2.11 bits per heavy atom. The van der Waals surface area contributed by atoms with Crippen LogP contribution in [0.15, 0.2) is 4.52 Å². The molecule has 2 amide bonds. The van der Waals surface area contributed by atoms with Gasteiger partial charge >= 0.3 is 6.03 Å². The third-order valence-corrected chi connectivity index (χ3v) is 3.34. The molecule has 0 saturated carbocycles. The minimum atomic E-state index is 0.00892. The van der Waals surface area contributed by atoms with E-state index in [0.717, 1.165) is 13.1 Å². The Balaban J connectivity index is 1.74. The molecule has 0 spiro atoms. The molecule has 0 bridgehead atoms. The molecule has 0 aromatic carbocycles. The molecule has 0 unspecified atom stereocenters. The topological polar surface area (TPSA) is 71.3 Å². The summed E-state index contributed by atoms with van der Waals surface area (Å²) in [5, 5.41) is 6.63. The van der Waals surface area contributed by atoms with Crippen molar-refractivity contribution in [3.8, 4) is 0 Å². The minimum absolute atomic E-state index is 0.00892. The number of likely N-dealkylation sites (tertiary alicyclic amines) is 1. The van der Waals surface area contributed by atoms with Gasteiger partial charge in [0.15, 0.2) is 5.82 Å². The van der Waals surface area contributed by atoms with Crippen molar-refractivity contribution in [2.45, 2.75) is 33.6 Å². The van der Waals surface area contributed by atoms with Crippen LogP contribution in [-0.2, 0) is 6.42 Å². The lowest BCUT2D eigenvalue weighted by atomic mass is 9.92. The number of carbonyl (C=O) groups is 1. The smallest absolute Gasteiger partial charge is 0.317 e. The number of piperidine rings is 1. The number of nitrogens with one attached hydrogen (secondary N) is 1. The average Bonchev–Trinajstić information content (AvgIpc) is 2.73. The third-order valence-electron chi connectivity index (χ3n) is 3.34. The van der Waals surface area contributed by atoms with Gasteiger partial charge in [-0.25, -0.2) is 4.79 Å². The third kappa shape index (κ3) is 3.94. The van der Waals surface area contributed by atoms with Gasteiger partial charge in [0.2, 0.25) is 5.89 Å². The first-order valence-corrected chi connectivity index (χ1v) is 6.86. The Kier molecular flexibility index (Phi) is 4.39. The van der Waals surface area contributed by atoms with E-state index in [1.54, 1.807) is 6.92 Å². The van der Waals surface area contributed by atoms with E-state index in [2.05, 4.69) is 29.3 Å². The maximum atomic E-state index is 12.0. The summed E-state index contributed by atoms with van der Waals surface area (Å²) in [7, 11) is 0. The number of carbonyl (C=O) groups excluding carboxylic acids is 1. The number of aryl methyl sites for hydroxylation is 1. The van der Waals surface area contributed by atoms with Crippen LogP contribution in [0.1, 0.15) is 32.0 Å². The van der Waals surface area contributed by atoms with Gasteiger partial charge in [0.25, 0.3) is 0 Å². The summed E-state index contributed by atoms with van der Waals surface area (Å²) in [6.45, 7) is 8.38. The Bertz CT molecular complexity index is 422. The molecule has 2 heterocycles. The monoisotopic (exact) mass is 266 g/mol. The quantitative estimate of drug-likeness (QED) is 0.902. The van der Waals surface area contributed by atoms with Crippen LogP contribution in [0.3, 0.4) is 0 Å². The maximum absolute atomic E-state index is 12.0. The van der Waals surface area contributed by atoms with Gasteiger partial charge in [-0.1, -0.05) is 19.0 Å². The Labute approximate surface area is 113 Å². The molecule has 1 aromatic rings. The zero-order chi connectivity index (χ0) is 13.8. The van der Waals surface area contributed by atoms with Gasteiger partial charge < -0.3 is 14.7 Å². The summed E-state index contributed by atoms with van der Waals surface area (Å²) in [6, 6.07) is 0.00892. The van der Waals surface area contributed by atoms with Crippen LogP contribution in [0.25, 0.3) is 0 Å². The van der Waals surface area contributed by atoms with E-state index < -0.39 is 0 Å². The first-order chi connectivity index (χ1) is 9.04. The van der Waals surface area contributed by atoms with E-state index in [-0.39, 0.29) is 6.03 Å². The van der Waals surface area contributed by atoms with Gasteiger partial charge in [0.05, 0.1) is 0 Å². The Morgan fingerprint density at radius 3 is 2.68 bits per heavy atom. The summed E-state index contributed by atoms with van der Waals surface area (Å²) in [5.74, 6) is 2.35. The zero-order valence-electron chi connectivity index (χ0n) is 11.8. The Morgan fingerprint density at radius 1 is 1.42 bits per heavy atom. The van der Waals surface area contributed by atoms with E-state index in [0.29, 0.717) is 36.5 Å². The predicted octanol–water partition coefficient (Wildman–Crippen LogP) is 1.61. The molecule has 2 rings (SSSR count). The summed E-state index contributed by atoms with van der Waals surface area (Å²) >= 11 is 0. The first-order valence-electron chi connectivity index (χ1n) is 6.86. The molecule has 1 aliphatic heterocycles. The van der Waals surface area contributed by atoms with E-state index in [4.69, 9.17) is 4.52 Å². The van der Waals surface area contributed by atoms with Gasteiger partial charge in [-0.2, -0.15) is 4.98 Å². The number of nitrogens with zero attached hydrogens (tertiary/aromatic N) is 3. The van der Waals surface area contributed by atoms with Crippen LogP contribution in [0.5, 0.6) is 0 Å². The van der Waals surface area contributed by atoms with E-state index in [1.165, 1.54) is 6.42 Å². The summed E-state index contributed by atoms with van der Waals surface area (Å²) in [5.41, 5.74) is 0. The molecular formula is C13H22N4O2. The molecule has 106 valence electrons. The molecule has 0 aliphatic carbocycles. The fraction of sp³-hybridized carbons (Fsp3) is 0.769. The van der Waals surface area contributed by atoms with E-state index in [1.807, 2.05) is 4.90 Å². The van der Waals surface area contributed by atoms with Crippen LogP contribution < -0.4 is 5.32 Å². The summed E-state index contributed by atoms with van der Waals surface area (Å²) in [4.78, 5) is 18.0. The number of aromatic nitrogens is 2. The second-order valence-corrected chi connectivity index (χ2v) is 5.57. The molecule has 0 radical (unpaired) electrons. The molecule has 6 nitrogen and oxygen atoms in total. The SMILES string of the molecule is Cc1noc(CCNC(=O)N2C[C@H](C)C[C@@H](C)C2)n1. The van der Waals surface area contributed by atoms with Crippen LogP contribution >= 0.6 is 0 Å². The second-order valence-electron chi connectivity index (χ2n) is 5.57. The lowest BCUT2D eigenvalue weighted by molar-refractivity contribution is 0.146. The van der Waals surface area contributed by atoms with Crippen molar-refractivity contribution in [1.82, 2.24) is 20.4 Å². The molecule has 1 aromatic heterocycles. The van der Waals surface area contributed by atoms with Gasteiger partial charge in [-0.15, -0.1) is 0 Å². The molecule has 6 heteroatoms. The van der Waals surface area contributed by atoms with Gasteiger partial charge in [0.1, 0.15) is 0 Å². The lowest BCUT2D eigenvalue weighted by Crippen LogP contribution is -2.47. The molecular weight excluding hydrogens is 244 g/mol. The minimum Gasteiger partial charge on any atom is -0.339 e. The highest BCUT2D eigenvalue weighted by atomic mass is 16.5. The standard InChI is InChI=1S/C13H22N4O2/c1-9-6-10(2)8-17(7-9)13(18)14-5-4-12-15-11(3)16-19-12/h9-10H,4-8H2,1-3H3,(H,14,18)/t9-,10-/m1/s1.